The van der Waals surface area contributed by atoms with Crippen LogP contribution in [0.25, 0.3) is 11.3 Å². The van der Waals surface area contributed by atoms with E-state index in [0.717, 1.165) is 18.2 Å². The summed E-state index contributed by atoms with van der Waals surface area (Å²) in [6.45, 7) is 3.19. The van der Waals surface area contributed by atoms with E-state index in [2.05, 4.69) is 4.98 Å². The minimum atomic E-state index is -4.54. The molecule has 2 bridgehead atoms. The van der Waals surface area contributed by atoms with Crippen molar-refractivity contribution in [2.75, 3.05) is 13.1 Å². The summed E-state index contributed by atoms with van der Waals surface area (Å²) in [6.07, 6.45) is -2.97. The summed E-state index contributed by atoms with van der Waals surface area (Å²) in [5.74, 6) is 0.206. The lowest BCUT2D eigenvalue weighted by molar-refractivity contribution is -0.137. The number of fused-ring (bicyclic) bond motifs is 4. The molecule has 0 aromatic carbocycles. The number of piperidine rings is 1. The molecule has 4 heterocycles. The Balaban J connectivity index is 1.77. The van der Waals surface area contributed by atoms with Crippen LogP contribution in [0.5, 0.6) is 0 Å². The third-order valence-corrected chi connectivity index (χ3v) is 5.73. The third kappa shape index (κ3) is 3.30. The van der Waals surface area contributed by atoms with Gasteiger partial charge in [-0.25, -0.2) is 0 Å². The van der Waals surface area contributed by atoms with Gasteiger partial charge in [-0.2, -0.15) is 13.2 Å². The van der Waals surface area contributed by atoms with E-state index in [-0.39, 0.29) is 34.0 Å². The normalized spacial score (nSPS) is 21.4. The lowest BCUT2D eigenvalue weighted by Crippen LogP contribution is -2.48. The van der Waals surface area contributed by atoms with E-state index in [1.54, 1.807) is 15.5 Å². The van der Waals surface area contributed by atoms with Crippen molar-refractivity contribution >= 4 is 17.5 Å². The number of nitrogens with zero attached hydrogens (tertiary/aromatic N) is 3. The average Bonchev–Trinajstić information content (AvgIpc) is 2.61. The van der Waals surface area contributed by atoms with Gasteiger partial charge >= 0.3 is 6.18 Å². The highest BCUT2D eigenvalue weighted by atomic mass is 35.5. The number of alkyl halides is 3. The van der Waals surface area contributed by atoms with Crippen LogP contribution in [-0.4, -0.2) is 33.4 Å². The fourth-order valence-electron chi connectivity index (χ4n) is 4.16. The summed E-state index contributed by atoms with van der Waals surface area (Å²) in [7, 11) is 0. The van der Waals surface area contributed by atoms with Crippen LogP contribution in [0, 0.1) is 5.92 Å². The molecule has 0 radical (unpaired) electrons. The van der Waals surface area contributed by atoms with Crippen molar-refractivity contribution < 1.29 is 18.0 Å². The van der Waals surface area contributed by atoms with Gasteiger partial charge in [0.1, 0.15) is 0 Å². The van der Waals surface area contributed by atoms with E-state index in [1.807, 2.05) is 0 Å². The molecule has 0 spiro atoms. The third-order valence-electron chi connectivity index (χ3n) is 5.44. The Morgan fingerprint density at radius 2 is 1.96 bits per heavy atom. The number of hydrogen-bond acceptors (Lipinski definition) is 3. The SMILES string of the molecule is CC(=O)N1C[C@@H]2C[C@H](C1)c1cc(-c3ncc(C(F)(F)F)cc3Cl)cc(=O)n1C2. The summed E-state index contributed by atoms with van der Waals surface area (Å²) in [5.41, 5.74) is 0.103. The summed E-state index contributed by atoms with van der Waals surface area (Å²) < 4.78 is 40.2. The van der Waals surface area contributed by atoms with Crippen molar-refractivity contribution in [1.82, 2.24) is 14.5 Å². The Hall–Kier alpha value is -2.35. The van der Waals surface area contributed by atoms with E-state index >= 15 is 0 Å². The average molecular weight is 412 g/mol. The molecule has 1 saturated heterocycles. The highest BCUT2D eigenvalue weighted by molar-refractivity contribution is 6.33. The van der Waals surface area contributed by atoms with Gasteiger partial charge in [0.25, 0.3) is 5.56 Å². The second-order valence-corrected chi connectivity index (χ2v) is 7.80. The molecule has 2 atom stereocenters. The molecule has 1 amide bonds. The molecule has 2 aliphatic rings. The van der Waals surface area contributed by atoms with Gasteiger partial charge < -0.3 is 9.47 Å². The first kappa shape index (κ1) is 19.0. The summed E-state index contributed by atoms with van der Waals surface area (Å²) in [5, 5.41) is -0.165. The highest BCUT2D eigenvalue weighted by Gasteiger charge is 2.36. The molecule has 0 saturated carbocycles. The van der Waals surface area contributed by atoms with E-state index in [9.17, 15) is 22.8 Å². The van der Waals surface area contributed by atoms with Crippen molar-refractivity contribution in [3.8, 4) is 11.3 Å². The predicted octanol–water partition coefficient (Wildman–Crippen LogP) is 3.55. The second kappa shape index (κ2) is 6.62. The molecule has 0 aliphatic carbocycles. The van der Waals surface area contributed by atoms with Crippen molar-refractivity contribution in [1.29, 1.82) is 0 Å². The van der Waals surface area contributed by atoms with Crippen LogP contribution in [0.2, 0.25) is 5.02 Å². The number of pyridine rings is 2. The van der Waals surface area contributed by atoms with Gasteiger partial charge in [0.05, 0.1) is 16.3 Å². The van der Waals surface area contributed by atoms with Gasteiger partial charge in [-0.05, 0) is 24.5 Å². The summed E-state index contributed by atoms with van der Waals surface area (Å²) >= 11 is 6.05. The molecule has 0 unspecified atom stereocenters. The van der Waals surface area contributed by atoms with Gasteiger partial charge in [-0.1, -0.05) is 11.6 Å². The van der Waals surface area contributed by atoms with Crippen LogP contribution in [0.1, 0.15) is 30.5 Å². The Morgan fingerprint density at radius 1 is 1.21 bits per heavy atom. The predicted molar refractivity (Wildman–Crippen MR) is 97.0 cm³/mol. The van der Waals surface area contributed by atoms with E-state index < -0.39 is 11.7 Å². The second-order valence-electron chi connectivity index (χ2n) is 7.39. The molecule has 2 aromatic heterocycles. The largest absolute Gasteiger partial charge is 0.417 e. The first-order valence-electron chi connectivity index (χ1n) is 8.87. The van der Waals surface area contributed by atoms with Gasteiger partial charge in [-0.3, -0.25) is 14.6 Å². The van der Waals surface area contributed by atoms with Crippen molar-refractivity contribution in [3.05, 3.63) is 51.0 Å². The number of likely N-dealkylation sites (tertiary alicyclic amines) is 1. The van der Waals surface area contributed by atoms with Gasteiger partial charge in [0.2, 0.25) is 5.91 Å². The number of halogens is 4. The number of carbonyl (C=O) groups is 1. The van der Waals surface area contributed by atoms with E-state index in [0.29, 0.717) is 31.4 Å². The maximum atomic E-state index is 12.8. The zero-order chi connectivity index (χ0) is 20.2. The molecule has 28 heavy (non-hydrogen) atoms. The number of hydrogen-bond donors (Lipinski definition) is 0. The minimum Gasteiger partial charge on any atom is -0.342 e. The van der Waals surface area contributed by atoms with Gasteiger partial charge in [0.15, 0.2) is 0 Å². The lowest BCUT2D eigenvalue weighted by Gasteiger charge is -2.42. The Labute approximate surface area is 163 Å². The minimum absolute atomic E-state index is 0.00252. The quantitative estimate of drug-likeness (QED) is 0.721. The summed E-state index contributed by atoms with van der Waals surface area (Å²) in [4.78, 5) is 30.1. The van der Waals surface area contributed by atoms with Crippen LogP contribution in [0.15, 0.2) is 29.2 Å². The molecule has 2 aromatic rings. The molecule has 9 heteroatoms. The topological polar surface area (TPSA) is 55.2 Å². The smallest absolute Gasteiger partial charge is 0.342 e. The molecule has 5 nitrogen and oxygen atoms in total. The zero-order valence-corrected chi connectivity index (χ0v) is 15.7. The fourth-order valence-corrected chi connectivity index (χ4v) is 4.43. The number of aromatic nitrogens is 2. The molecular formula is C19H17ClF3N3O2. The van der Waals surface area contributed by atoms with Crippen LogP contribution < -0.4 is 5.56 Å². The van der Waals surface area contributed by atoms with Crippen LogP contribution in [0.3, 0.4) is 0 Å². The zero-order valence-electron chi connectivity index (χ0n) is 15.0. The van der Waals surface area contributed by atoms with Crippen molar-refractivity contribution in [3.63, 3.8) is 0 Å². The Morgan fingerprint density at radius 3 is 2.61 bits per heavy atom. The van der Waals surface area contributed by atoms with Crippen molar-refractivity contribution in [2.45, 2.75) is 32.0 Å². The maximum absolute atomic E-state index is 12.8. The first-order chi connectivity index (χ1) is 13.1. The van der Waals surface area contributed by atoms with Gasteiger partial charge in [-0.15, -0.1) is 0 Å². The lowest BCUT2D eigenvalue weighted by atomic mass is 9.82. The van der Waals surface area contributed by atoms with Gasteiger partial charge in [0, 0.05) is 56.0 Å². The maximum Gasteiger partial charge on any atom is 0.417 e. The molecule has 148 valence electrons. The molecule has 4 rings (SSSR count). The van der Waals surface area contributed by atoms with Crippen LogP contribution in [0.4, 0.5) is 13.2 Å². The molecular weight excluding hydrogens is 395 g/mol. The monoisotopic (exact) mass is 411 g/mol. The first-order valence-corrected chi connectivity index (χ1v) is 9.24. The number of carbonyl (C=O) groups excluding carboxylic acids is 1. The van der Waals surface area contributed by atoms with E-state index in [1.165, 1.54) is 13.0 Å². The number of amides is 1. The standard InChI is InChI=1S/C19H17ClF3N3O2/c1-10(27)25-7-11-2-13(9-25)16-3-12(4-17(28)26(16)8-11)18-15(20)5-14(6-24-18)19(21,22)23/h3-6,11,13H,2,7-9H2,1H3/t11-,13+/m0/s1. The fraction of sp³-hybridized carbons (Fsp3) is 0.421. The Kier molecular flexibility index (Phi) is 4.49. The van der Waals surface area contributed by atoms with Crippen molar-refractivity contribution in [2.24, 2.45) is 5.92 Å². The summed E-state index contributed by atoms with van der Waals surface area (Å²) in [6, 6.07) is 3.93. The van der Waals surface area contributed by atoms with Crippen LogP contribution in [-0.2, 0) is 17.5 Å². The molecule has 0 N–H and O–H groups in total. The van der Waals surface area contributed by atoms with Crippen LogP contribution >= 0.6 is 11.6 Å². The Bertz CT molecular complexity index is 1020. The molecule has 2 aliphatic heterocycles. The van der Waals surface area contributed by atoms with E-state index in [4.69, 9.17) is 11.6 Å². The highest BCUT2D eigenvalue weighted by Crippen LogP contribution is 2.38. The molecule has 1 fully saturated rings. The number of rotatable bonds is 1.